The Hall–Kier alpha value is -2.18. The van der Waals surface area contributed by atoms with Crippen LogP contribution in [0.5, 0.6) is 5.75 Å². The monoisotopic (exact) mass is 442 g/mol. The van der Waals surface area contributed by atoms with E-state index in [1.165, 1.54) is 12.1 Å². The van der Waals surface area contributed by atoms with Crippen molar-refractivity contribution in [2.45, 2.75) is 63.6 Å². The molecular formula is C24H24F6O. The zero-order valence-corrected chi connectivity index (χ0v) is 17.1. The molecule has 168 valence electrons. The number of ether oxygens (including phenoxy) is 1. The van der Waals surface area contributed by atoms with E-state index in [2.05, 4.69) is 11.7 Å². The highest BCUT2D eigenvalue weighted by molar-refractivity contribution is 5.39. The number of halogens is 6. The van der Waals surface area contributed by atoms with E-state index in [1.54, 1.807) is 0 Å². The van der Waals surface area contributed by atoms with Crippen LogP contribution in [0, 0.1) is 29.3 Å². The second-order valence-electron chi connectivity index (χ2n) is 8.65. The first-order chi connectivity index (χ1) is 14.7. The van der Waals surface area contributed by atoms with Gasteiger partial charge in [0.1, 0.15) is 11.6 Å². The fraction of sp³-hybridized carbons (Fsp3) is 0.500. The number of fused-ring (bicyclic) bond motifs is 3. The quantitative estimate of drug-likeness (QED) is 0.442. The van der Waals surface area contributed by atoms with Crippen LogP contribution in [0.2, 0.25) is 0 Å². The van der Waals surface area contributed by atoms with Gasteiger partial charge < -0.3 is 4.74 Å². The maximum absolute atomic E-state index is 14.5. The minimum atomic E-state index is -4.97. The van der Waals surface area contributed by atoms with Crippen molar-refractivity contribution in [3.05, 3.63) is 64.5 Å². The van der Waals surface area contributed by atoms with Crippen LogP contribution in [0.15, 0.2) is 30.3 Å². The SMILES string of the molecule is CCCC1CCC2c3cc(F)cc(F)c3CCC2C1c1ccc(OC(F)(F)F)c(F)c1. The van der Waals surface area contributed by atoms with Crippen molar-refractivity contribution in [3.8, 4) is 5.75 Å². The average molecular weight is 442 g/mol. The van der Waals surface area contributed by atoms with Gasteiger partial charge in [0, 0.05) is 6.07 Å². The molecule has 4 unspecified atom stereocenters. The Morgan fingerprint density at radius 2 is 1.74 bits per heavy atom. The van der Waals surface area contributed by atoms with E-state index in [9.17, 15) is 26.3 Å². The van der Waals surface area contributed by atoms with Crippen molar-refractivity contribution in [3.63, 3.8) is 0 Å². The Labute approximate surface area is 177 Å². The van der Waals surface area contributed by atoms with Crippen LogP contribution < -0.4 is 4.74 Å². The molecule has 31 heavy (non-hydrogen) atoms. The van der Waals surface area contributed by atoms with Gasteiger partial charge in [-0.2, -0.15) is 0 Å². The second kappa shape index (κ2) is 8.40. The molecule has 2 aromatic carbocycles. The van der Waals surface area contributed by atoms with E-state index in [-0.39, 0.29) is 23.7 Å². The predicted molar refractivity (Wildman–Crippen MR) is 104 cm³/mol. The summed E-state index contributed by atoms with van der Waals surface area (Å²) in [7, 11) is 0. The molecule has 1 nitrogen and oxygen atoms in total. The molecule has 0 bridgehead atoms. The van der Waals surface area contributed by atoms with E-state index >= 15 is 0 Å². The molecule has 2 aliphatic carbocycles. The van der Waals surface area contributed by atoms with E-state index in [1.807, 2.05) is 0 Å². The van der Waals surface area contributed by atoms with Crippen LogP contribution in [-0.4, -0.2) is 6.36 Å². The molecule has 0 N–H and O–H groups in total. The third-order valence-corrected chi connectivity index (χ3v) is 6.88. The van der Waals surface area contributed by atoms with Crippen LogP contribution in [0.3, 0.4) is 0 Å². The molecule has 0 amide bonds. The Morgan fingerprint density at radius 3 is 2.42 bits per heavy atom. The van der Waals surface area contributed by atoms with Gasteiger partial charge in [-0.15, -0.1) is 13.2 Å². The molecule has 0 heterocycles. The minimum Gasteiger partial charge on any atom is -0.403 e. The van der Waals surface area contributed by atoms with Crippen LogP contribution in [0.25, 0.3) is 0 Å². The normalized spacial score (nSPS) is 25.6. The average Bonchev–Trinajstić information content (AvgIpc) is 2.68. The molecule has 1 saturated carbocycles. The van der Waals surface area contributed by atoms with Crippen molar-refractivity contribution < 1.29 is 31.1 Å². The molecule has 4 rings (SSSR count). The van der Waals surface area contributed by atoms with Gasteiger partial charge >= 0.3 is 6.36 Å². The fourth-order valence-corrected chi connectivity index (χ4v) is 5.83. The number of benzene rings is 2. The lowest BCUT2D eigenvalue weighted by molar-refractivity contribution is -0.275. The fourth-order valence-electron chi connectivity index (χ4n) is 5.83. The van der Waals surface area contributed by atoms with Gasteiger partial charge in [0.25, 0.3) is 0 Å². The number of rotatable bonds is 4. The summed E-state index contributed by atoms with van der Waals surface area (Å²) in [5.74, 6) is -2.90. The zero-order valence-electron chi connectivity index (χ0n) is 17.1. The van der Waals surface area contributed by atoms with Gasteiger partial charge in [-0.1, -0.05) is 25.8 Å². The first-order valence-corrected chi connectivity index (χ1v) is 10.7. The molecule has 4 atom stereocenters. The zero-order chi connectivity index (χ0) is 22.3. The summed E-state index contributed by atoms with van der Waals surface area (Å²) >= 11 is 0. The molecule has 7 heteroatoms. The third-order valence-electron chi connectivity index (χ3n) is 6.88. The van der Waals surface area contributed by atoms with Gasteiger partial charge in [-0.05, 0) is 84.2 Å². The number of hydrogen-bond acceptors (Lipinski definition) is 1. The molecule has 0 spiro atoms. The Balaban J connectivity index is 1.71. The maximum atomic E-state index is 14.5. The maximum Gasteiger partial charge on any atom is 0.573 e. The summed E-state index contributed by atoms with van der Waals surface area (Å²) in [6.07, 6.45) is -0.385. The topological polar surface area (TPSA) is 9.23 Å². The smallest absolute Gasteiger partial charge is 0.403 e. The van der Waals surface area contributed by atoms with Crippen molar-refractivity contribution in [2.24, 2.45) is 11.8 Å². The van der Waals surface area contributed by atoms with Crippen LogP contribution in [-0.2, 0) is 6.42 Å². The lowest BCUT2D eigenvalue weighted by Crippen LogP contribution is -2.35. The second-order valence-corrected chi connectivity index (χ2v) is 8.65. The standard InChI is InChI=1S/C24H24F6O/c1-2-3-13-4-6-16-18(8-7-17-19(16)11-15(25)12-20(17)26)23(13)14-5-9-22(21(27)10-14)31-24(28,29)30/h5,9-13,16,18,23H,2-4,6-8H2,1H3. The lowest BCUT2D eigenvalue weighted by atomic mass is 9.57. The number of hydrogen-bond donors (Lipinski definition) is 0. The lowest BCUT2D eigenvalue weighted by Gasteiger charge is -2.47. The summed E-state index contributed by atoms with van der Waals surface area (Å²) in [6, 6.07) is 5.99. The van der Waals surface area contributed by atoms with E-state index < -0.39 is 29.6 Å². The van der Waals surface area contributed by atoms with E-state index in [4.69, 9.17) is 0 Å². The van der Waals surface area contributed by atoms with Crippen LogP contribution in [0.1, 0.15) is 67.6 Å². The molecule has 1 fully saturated rings. The molecule has 2 aromatic rings. The van der Waals surface area contributed by atoms with Crippen LogP contribution >= 0.6 is 0 Å². The Morgan fingerprint density at radius 1 is 0.968 bits per heavy atom. The molecule has 0 radical (unpaired) electrons. The predicted octanol–water partition coefficient (Wildman–Crippen LogP) is 7.64. The molecular weight excluding hydrogens is 418 g/mol. The highest BCUT2D eigenvalue weighted by atomic mass is 19.4. The number of alkyl halides is 3. The van der Waals surface area contributed by atoms with Gasteiger partial charge in [0.2, 0.25) is 0 Å². The first-order valence-electron chi connectivity index (χ1n) is 10.7. The molecule has 0 saturated heterocycles. The van der Waals surface area contributed by atoms with Crippen molar-refractivity contribution in [1.82, 2.24) is 0 Å². The summed E-state index contributed by atoms with van der Waals surface area (Å²) in [5.41, 5.74) is 1.86. The van der Waals surface area contributed by atoms with Crippen molar-refractivity contribution >= 4 is 0 Å². The summed E-state index contributed by atoms with van der Waals surface area (Å²) in [5, 5.41) is 0. The van der Waals surface area contributed by atoms with E-state index in [0.717, 1.165) is 43.9 Å². The summed E-state index contributed by atoms with van der Waals surface area (Å²) in [6.45, 7) is 2.06. The minimum absolute atomic E-state index is 0.0489. The van der Waals surface area contributed by atoms with E-state index in [0.29, 0.717) is 29.5 Å². The van der Waals surface area contributed by atoms with Gasteiger partial charge in [-0.3, -0.25) is 0 Å². The van der Waals surface area contributed by atoms with Crippen molar-refractivity contribution in [2.75, 3.05) is 0 Å². The summed E-state index contributed by atoms with van der Waals surface area (Å²) in [4.78, 5) is 0. The Kier molecular flexibility index (Phi) is 5.97. The highest BCUT2D eigenvalue weighted by Gasteiger charge is 2.43. The van der Waals surface area contributed by atoms with Gasteiger partial charge in [-0.25, -0.2) is 13.2 Å². The first kappa shape index (κ1) is 22.0. The molecule has 2 aliphatic rings. The van der Waals surface area contributed by atoms with Crippen molar-refractivity contribution in [1.29, 1.82) is 0 Å². The third kappa shape index (κ3) is 4.41. The van der Waals surface area contributed by atoms with Gasteiger partial charge in [0.15, 0.2) is 11.6 Å². The molecule has 0 aromatic heterocycles. The van der Waals surface area contributed by atoms with Gasteiger partial charge in [0.05, 0.1) is 0 Å². The largest absolute Gasteiger partial charge is 0.573 e. The Bertz CT molecular complexity index is 954. The highest BCUT2D eigenvalue weighted by Crippen LogP contribution is 2.55. The van der Waals surface area contributed by atoms with Crippen LogP contribution in [0.4, 0.5) is 26.3 Å². The molecule has 0 aliphatic heterocycles. The summed E-state index contributed by atoms with van der Waals surface area (Å²) < 4.78 is 84.1.